The van der Waals surface area contributed by atoms with Crippen molar-refractivity contribution in [2.75, 3.05) is 0 Å². The van der Waals surface area contributed by atoms with Crippen molar-refractivity contribution in [2.45, 2.75) is 32.7 Å². The lowest BCUT2D eigenvalue weighted by molar-refractivity contribution is -0.123. The predicted octanol–water partition coefficient (Wildman–Crippen LogP) is 3.71. The SMILES string of the molecule is CC[C@@H](C)[C@H](C(=O)NCc1ccc(-n2cccn2)nc1)c1ccccc1. The molecule has 0 spiro atoms. The van der Waals surface area contributed by atoms with Gasteiger partial charge in [-0.15, -0.1) is 0 Å². The zero-order valence-electron chi connectivity index (χ0n) is 15.2. The highest BCUT2D eigenvalue weighted by atomic mass is 16.1. The quantitative estimate of drug-likeness (QED) is 0.708. The highest BCUT2D eigenvalue weighted by molar-refractivity contribution is 5.83. The molecule has 0 radical (unpaired) electrons. The fraction of sp³-hybridized carbons (Fsp3) is 0.286. The maximum Gasteiger partial charge on any atom is 0.228 e. The predicted molar refractivity (Wildman–Crippen MR) is 102 cm³/mol. The number of pyridine rings is 1. The third-order valence-electron chi connectivity index (χ3n) is 4.67. The molecule has 0 fully saturated rings. The maximum absolute atomic E-state index is 12.8. The number of benzene rings is 1. The number of rotatable bonds is 7. The normalized spacial score (nSPS) is 13.2. The highest BCUT2D eigenvalue weighted by Crippen LogP contribution is 2.27. The number of nitrogens with one attached hydrogen (secondary N) is 1. The van der Waals surface area contributed by atoms with E-state index in [2.05, 4.69) is 29.2 Å². The fourth-order valence-corrected chi connectivity index (χ4v) is 2.99. The number of aromatic nitrogens is 3. The van der Waals surface area contributed by atoms with Gasteiger partial charge in [0.15, 0.2) is 5.82 Å². The molecule has 2 heterocycles. The molecule has 3 rings (SSSR count). The number of carbonyl (C=O) groups excluding carboxylic acids is 1. The number of nitrogens with zero attached hydrogens (tertiary/aromatic N) is 3. The van der Waals surface area contributed by atoms with Crippen molar-refractivity contribution in [3.8, 4) is 5.82 Å². The minimum Gasteiger partial charge on any atom is -0.351 e. The molecular formula is C21H24N4O. The monoisotopic (exact) mass is 348 g/mol. The molecule has 0 bridgehead atoms. The van der Waals surface area contributed by atoms with Crippen LogP contribution in [0.2, 0.25) is 0 Å². The van der Waals surface area contributed by atoms with E-state index in [1.165, 1.54) is 0 Å². The van der Waals surface area contributed by atoms with Crippen molar-refractivity contribution in [1.29, 1.82) is 0 Å². The average molecular weight is 348 g/mol. The molecule has 0 saturated carbocycles. The Bertz CT molecular complexity index is 813. The van der Waals surface area contributed by atoms with Gasteiger partial charge >= 0.3 is 0 Å². The molecule has 0 aliphatic rings. The van der Waals surface area contributed by atoms with Gasteiger partial charge in [-0.1, -0.05) is 56.7 Å². The molecule has 1 amide bonds. The van der Waals surface area contributed by atoms with Gasteiger partial charge in [0.25, 0.3) is 0 Å². The summed E-state index contributed by atoms with van der Waals surface area (Å²) < 4.78 is 1.71. The summed E-state index contributed by atoms with van der Waals surface area (Å²) in [6.45, 7) is 4.70. The molecule has 26 heavy (non-hydrogen) atoms. The van der Waals surface area contributed by atoms with Crippen molar-refractivity contribution in [3.63, 3.8) is 0 Å². The maximum atomic E-state index is 12.8. The summed E-state index contributed by atoms with van der Waals surface area (Å²) in [5.41, 5.74) is 2.02. The van der Waals surface area contributed by atoms with Crippen molar-refractivity contribution in [1.82, 2.24) is 20.1 Å². The topological polar surface area (TPSA) is 59.8 Å². The van der Waals surface area contributed by atoms with E-state index in [-0.39, 0.29) is 17.7 Å². The molecule has 2 atom stereocenters. The Labute approximate surface area is 154 Å². The van der Waals surface area contributed by atoms with Gasteiger partial charge in [-0.25, -0.2) is 9.67 Å². The second-order valence-corrected chi connectivity index (χ2v) is 6.47. The van der Waals surface area contributed by atoms with E-state index in [0.29, 0.717) is 6.54 Å². The van der Waals surface area contributed by atoms with E-state index in [1.807, 2.05) is 54.7 Å². The number of carbonyl (C=O) groups is 1. The Kier molecular flexibility index (Phi) is 5.79. The van der Waals surface area contributed by atoms with Crippen LogP contribution in [-0.4, -0.2) is 20.7 Å². The molecule has 3 aromatic rings. The molecule has 134 valence electrons. The van der Waals surface area contributed by atoms with E-state index >= 15 is 0 Å². The van der Waals surface area contributed by atoms with Crippen LogP contribution in [0, 0.1) is 5.92 Å². The van der Waals surface area contributed by atoms with E-state index in [0.717, 1.165) is 23.4 Å². The Morgan fingerprint density at radius 2 is 1.96 bits per heavy atom. The minimum absolute atomic E-state index is 0.0571. The summed E-state index contributed by atoms with van der Waals surface area (Å²) >= 11 is 0. The van der Waals surface area contributed by atoms with Gasteiger partial charge in [0, 0.05) is 25.1 Å². The van der Waals surface area contributed by atoms with Crippen molar-refractivity contribution >= 4 is 5.91 Å². The summed E-state index contributed by atoms with van der Waals surface area (Å²) in [4.78, 5) is 17.2. The zero-order chi connectivity index (χ0) is 18.4. The first-order valence-corrected chi connectivity index (χ1v) is 8.96. The van der Waals surface area contributed by atoms with Gasteiger partial charge in [0.05, 0.1) is 5.92 Å². The van der Waals surface area contributed by atoms with E-state index < -0.39 is 0 Å². The fourth-order valence-electron chi connectivity index (χ4n) is 2.99. The van der Waals surface area contributed by atoms with Crippen LogP contribution in [0.3, 0.4) is 0 Å². The first-order chi connectivity index (χ1) is 12.7. The minimum atomic E-state index is -0.141. The average Bonchev–Trinajstić information content (AvgIpc) is 3.22. The zero-order valence-corrected chi connectivity index (χ0v) is 15.2. The van der Waals surface area contributed by atoms with Gasteiger partial charge in [-0.05, 0) is 29.2 Å². The summed E-state index contributed by atoms with van der Waals surface area (Å²) in [6.07, 6.45) is 6.29. The summed E-state index contributed by atoms with van der Waals surface area (Å²) in [5.74, 6) is 0.948. The molecule has 0 saturated heterocycles. The van der Waals surface area contributed by atoms with Crippen LogP contribution in [-0.2, 0) is 11.3 Å². The Morgan fingerprint density at radius 3 is 2.58 bits per heavy atom. The van der Waals surface area contributed by atoms with Crippen LogP contribution in [0.5, 0.6) is 0 Å². The number of hydrogen-bond acceptors (Lipinski definition) is 3. The largest absolute Gasteiger partial charge is 0.351 e. The Morgan fingerprint density at radius 1 is 1.15 bits per heavy atom. The van der Waals surface area contributed by atoms with Gasteiger partial charge in [0.1, 0.15) is 0 Å². The Hall–Kier alpha value is -2.95. The lowest BCUT2D eigenvalue weighted by atomic mass is 9.85. The molecule has 1 N–H and O–H groups in total. The molecular weight excluding hydrogens is 324 g/mol. The smallest absolute Gasteiger partial charge is 0.228 e. The molecule has 0 unspecified atom stereocenters. The van der Waals surface area contributed by atoms with Crippen molar-refractivity contribution < 1.29 is 4.79 Å². The van der Waals surface area contributed by atoms with E-state index in [1.54, 1.807) is 17.1 Å². The van der Waals surface area contributed by atoms with Gasteiger partial charge in [-0.2, -0.15) is 5.10 Å². The molecule has 0 aliphatic heterocycles. The van der Waals surface area contributed by atoms with Crippen molar-refractivity contribution in [3.05, 3.63) is 78.2 Å². The number of amides is 1. The van der Waals surface area contributed by atoms with Crippen molar-refractivity contribution in [2.24, 2.45) is 5.92 Å². The standard InChI is InChI=1S/C21H24N4O/c1-3-16(2)20(18-8-5-4-6-9-18)21(26)23-15-17-10-11-19(22-14-17)25-13-7-12-24-25/h4-14,16,20H,3,15H2,1-2H3,(H,23,26)/t16-,20+/m1/s1. The van der Waals surface area contributed by atoms with Crippen LogP contribution < -0.4 is 5.32 Å². The first-order valence-electron chi connectivity index (χ1n) is 8.96. The molecule has 5 heteroatoms. The molecule has 2 aromatic heterocycles. The summed E-state index contributed by atoms with van der Waals surface area (Å²) in [6, 6.07) is 15.7. The third kappa shape index (κ3) is 4.17. The van der Waals surface area contributed by atoms with Gasteiger partial charge < -0.3 is 5.32 Å². The van der Waals surface area contributed by atoms with Crippen LogP contribution >= 0.6 is 0 Å². The molecule has 0 aliphatic carbocycles. The lowest BCUT2D eigenvalue weighted by Crippen LogP contribution is -2.32. The molecule has 1 aromatic carbocycles. The van der Waals surface area contributed by atoms with Crippen LogP contribution in [0.15, 0.2) is 67.1 Å². The van der Waals surface area contributed by atoms with E-state index in [4.69, 9.17) is 0 Å². The summed E-state index contributed by atoms with van der Waals surface area (Å²) in [7, 11) is 0. The Balaban J connectivity index is 1.66. The second-order valence-electron chi connectivity index (χ2n) is 6.47. The van der Waals surface area contributed by atoms with Crippen LogP contribution in [0.4, 0.5) is 0 Å². The van der Waals surface area contributed by atoms with Gasteiger partial charge in [-0.3, -0.25) is 4.79 Å². The third-order valence-corrected chi connectivity index (χ3v) is 4.67. The summed E-state index contributed by atoms with van der Waals surface area (Å²) in [5, 5.41) is 7.23. The highest BCUT2D eigenvalue weighted by Gasteiger charge is 2.25. The first kappa shape index (κ1) is 17.9. The van der Waals surface area contributed by atoms with Crippen LogP contribution in [0.1, 0.15) is 37.3 Å². The van der Waals surface area contributed by atoms with Crippen LogP contribution in [0.25, 0.3) is 5.82 Å². The molecule has 5 nitrogen and oxygen atoms in total. The lowest BCUT2D eigenvalue weighted by Gasteiger charge is -2.22. The van der Waals surface area contributed by atoms with E-state index in [9.17, 15) is 4.79 Å². The van der Waals surface area contributed by atoms with Gasteiger partial charge in [0.2, 0.25) is 5.91 Å². The second kappa shape index (κ2) is 8.43. The number of hydrogen-bond donors (Lipinski definition) is 1.